The van der Waals surface area contributed by atoms with Crippen molar-refractivity contribution in [3.63, 3.8) is 0 Å². The summed E-state index contributed by atoms with van der Waals surface area (Å²) >= 11 is 3.07. The Kier molecular flexibility index (Phi) is 6.61. The van der Waals surface area contributed by atoms with Crippen LogP contribution in [-0.2, 0) is 23.1 Å². The zero-order valence-corrected chi connectivity index (χ0v) is 18.0. The van der Waals surface area contributed by atoms with Crippen LogP contribution in [0.2, 0.25) is 0 Å². The molecular weight excluding hydrogens is 414 g/mol. The van der Waals surface area contributed by atoms with Crippen molar-refractivity contribution in [3.8, 4) is 0 Å². The van der Waals surface area contributed by atoms with Gasteiger partial charge < -0.3 is 5.32 Å². The normalized spacial score (nSPS) is 11.7. The highest BCUT2D eigenvalue weighted by molar-refractivity contribution is 7.89. The van der Waals surface area contributed by atoms with Crippen LogP contribution in [-0.4, -0.2) is 19.3 Å². The Hall–Kier alpha value is -2.07. The number of amides is 1. The van der Waals surface area contributed by atoms with E-state index in [4.69, 9.17) is 0 Å². The lowest BCUT2D eigenvalue weighted by atomic mass is 10.2. The van der Waals surface area contributed by atoms with Crippen molar-refractivity contribution in [2.24, 2.45) is 0 Å². The van der Waals surface area contributed by atoms with Crippen LogP contribution >= 0.6 is 22.7 Å². The maximum absolute atomic E-state index is 12.4. The molecule has 2 heterocycles. The van der Waals surface area contributed by atoms with Crippen molar-refractivity contribution < 1.29 is 13.2 Å². The number of rotatable bonds is 8. The molecule has 0 bridgehead atoms. The number of thiazole rings is 1. The molecule has 0 unspecified atom stereocenters. The number of nitrogens with one attached hydrogen (secondary N) is 2. The monoisotopic (exact) mass is 435 g/mol. The molecule has 1 aromatic carbocycles. The predicted molar refractivity (Wildman–Crippen MR) is 112 cm³/mol. The van der Waals surface area contributed by atoms with E-state index in [0.29, 0.717) is 18.0 Å². The molecule has 148 valence electrons. The Morgan fingerprint density at radius 2 is 1.86 bits per heavy atom. The van der Waals surface area contributed by atoms with Gasteiger partial charge in [0.2, 0.25) is 10.0 Å². The highest BCUT2D eigenvalue weighted by Gasteiger charge is 2.15. The summed E-state index contributed by atoms with van der Waals surface area (Å²) in [5.41, 5.74) is 1.22. The summed E-state index contributed by atoms with van der Waals surface area (Å²) in [4.78, 5) is 17.8. The van der Waals surface area contributed by atoms with Crippen molar-refractivity contribution in [1.29, 1.82) is 0 Å². The first-order chi connectivity index (χ1) is 13.3. The van der Waals surface area contributed by atoms with E-state index in [1.807, 2.05) is 22.9 Å². The first kappa shape index (κ1) is 20.7. The molecule has 3 rings (SSSR count). The zero-order valence-electron chi connectivity index (χ0n) is 15.5. The smallest absolute Gasteiger partial charge is 0.251 e. The Labute approximate surface area is 172 Å². The first-order valence-corrected chi connectivity index (χ1v) is 11.9. The standard InChI is InChI=1S/C19H21N3O3S3/c1-13(2)19-22-15(12-27-19)10-20-18(23)14-5-7-17(8-6-14)28(24,25)21-11-16-4-3-9-26-16/h3-9,12-13,21H,10-11H2,1-2H3,(H,20,23). The highest BCUT2D eigenvalue weighted by Crippen LogP contribution is 2.19. The minimum Gasteiger partial charge on any atom is -0.346 e. The van der Waals surface area contributed by atoms with Gasteiger partial charge in [0.25, 0.3) is 5.91 Å². The number of carbonyl (C=O) groups excluding carboxylic acids is 1. The van der Waals surface area contributed by atoms with Gasteiger partial charge >= 0.3 is 0 Å². The molecule has 0 aliphatic rings. The van der Waals surface area contributed by atoms with Crippen molar-refractivity contribution >= 4 is 38.6 Å². The summed E-state index contributed by atoms with van der Waals surface area (Å²) < 4.78 is 27.3. The van der Waals surface area contributed by atoms with E-state index in [2.05, 4.69) is 28.9 Å². The molecule has 0 atom stereocenters. The minimum atomic E-state index is -3.62. The molecule has 0 aliphatic heterocycles. The second-order valence-electron chi connectivity index (χ2n) is 6.44. The van der Waals surface area contributed by atoms with Gasteiger partial charge in [0.05, 0.1) is 22.1 Å². The average molecular weight is 436 g/mol. The fourth-order valence-corrected chi connectivity index (χ4v) is 4.97. The summed E-state index contributed by atoms with van der Waals surface area (Å²) in [6.45, 7) is 4.73. The third-order valence-corrected chi connectivity index (χ3v) is 7.42. The van der Waals surface area contributed by atoms with E-state index in [9.17, 15) is 13.2 Å². The number of thiophene rings is 1. The molecule has 0 fully saturated rings. The lowest BCUT2D eigenvalue weighted by Crippen LogP contribution is -2.24. The molecule has 0 aliphatic carbocycles. The molecule has 0 radical (unpaired) electrons. The SMILES string of the molecule is CC(C)c1nc(CNC(=O)c2ccc(S(=O)(=O)NCc3cccs3)cc2)cs1. The van der Waals surface area contributed by atoms with E-state index < -0.39 is 10.0 Å². The molecular formula is C19H21N3O3S3. The summed E-state index contributed by atoms with van der Waals surface area (Å²) in [6.07, 6.45) is 0. The number of aromatic nitrogens is 1. The van der Waals surface area contributed by atoms with Gasteiger partial charge in [-0.3, -0.25) is 4.79 Å². The van der Waals surface area contributed by atoms with Crippen LogP contribution in [0, 0.1) is 0 Å². The van der Waals surface area contributed by atoms with E-state index in [1.165, 1.54) is 35.6 Å². The van der Waals surface area contributed by atoms with E-state index in [1.54, 1.807) is 11.3 Å². The molecule has 28 heavy (non-hydrogen) atoms. The van der Waals surface area contributed by atoms with Crippen LogP contribution in [0.1, 0.15) is 45.7 Å². The molecule has 1 amide bonds. The summed E-state index contributed by atoms with van der Waals surface area (Å²) in [6, 6.07) is 9.63. The van der Waals surface area contributed by atoms with Crippen molar-refractivity contribution in [2.75, 3.05) is 0 Å². The van der Waals surface area contributed by atoms with Gasteiger partial charge in [-0.15, -0.1) is 22.7 Å². The van der Waals surface area contributed by atoms with Crippen LogP contribution < -0.4 is 10.0 Å². The van der Waals surface area contributed by atoms with Gasteiger partial charge in [-0.2, -0.15) is 0 Å². The molecule has 9 heteroatoms. The number of hydrogen-bond acceptors (Lipinski definition) is 6. The van der Waals surface area contributed by atoms with Crippen LogP contribution in [0.5, 0.6) is 0 Å². The quantitative estimate of drug-likeness (QED) is 0.564. The topological polar surface area (TPSA) is 88.2 Å². The Morgan fingerprint density at radius 3 is 2.46 bits per heavy atom. The highest BCUT2D eigenvalue weighted by atomic mass is 32.2. The molecule has 0 saturated carbocycles. The third kappa shape index (κ3) is 5.26. The molecule has 2 N–H and O–H groups in total. The Morgan fingerprint density at radius 1 is 1.11 bits per heavy atom. The number of carbonyl (C=O) groups is 1. The summed E-state index contributed by atoms with van der Waals surface area (Å²) in [5, 5.41) is 7.68. The van der Waals surface area contributed by atoms with Crippen molar-refractivity contribution in [1.82, 2.24) is 15.0 Å². The minimum absolute atomic E-state index is 0.127. The van der Waals surface area contributed by atoms with Crippen molar-refractivity contribution in [3.05, 3.63) is 68.3 Å². The predicted octanol–water partition coefficient (Wildman–Crippen LogP) is 3.74. The maximum atomic E-state index is 12.4. The Bertz CT molecular complexity index is 1020. The maximum Gasteiger partial charge on any atom is 0.251 e. The number of hydrogen-bond donors (Lipinski definition) is 2. The zero-order chi connectivity index (χ0) is 20.1. The van der Waals surface area contributed by atoms with Crippen LogP contribution in [0.4, 0.5) is 0 Å². The molecule has 3 aromatic rings. The second kappa shape index (κ2) is 8.95. The van der Waals surface area contributed by atoms with Gasteiger partial charge in [-0.1, -0.05) is 19.9 Å². The number of nitrogens with zero attached hydrogens (tertiary/aromatic N) is 1. The second-order valence-corrected chi connectivity index (χ2v) is 10.1. The molecule has 0 saturated heterocycles. The average Bonchev–Trinajstić information content (AvgIpc) is 3.36. The molecule has 2 aromatic heterocycles. The molecule has 6 nitrogen and oxygen atoms in total. The largest absolute Gasteiger partial charge is 0.346 e. The lowest BCUT2D eigenvalue weighted by Gasteiger charge is -2.07. The van der Waals surface area contributed by atoms with Crippen LogP contribution in [0.3, 0.4) is 0 Å². The van der Waals surface area contributed by atoms with E-state index in [0.717, 1.165) is 15.6 Å². The van der Waals surface area contributed by atoms with Crippen LogP contribution in [0.15, 0.2) is 52.1 Å². The van der Waals surface area contributed by atoms with Crippen LogP contribution in [0.25, 0.3) is 0 Å². The third-order valence-electron chi connectivity index (χ3n) is 3.94. The van der Waals surface area contributed by atoms with E-state index >= 15 is 0 Å². The van der Waals surface area contributed by atoms with Gasteiger partial charge in [0.15, 0.2) is 0 Å². The van der Waals surface area contributed by atoms with Gasteiger partial charge in [-0.25, -0.2) is 18.1 Å². The van der Waals surface area contributed by atoms with E-state index in [-0.39, 0.29) is 17.3 Å². The number of benzene rings is 1. The van der Waals surface area contributed by atoms with Gasteiger partial charge in [-0.05, 0) is 35.7 Å². The first-order valence-electron chi connectivity index (χ1n) is 8.70. The fourth-order valence-electron chi connectivity index (χ4n) is 2.39. The van der Waals surface area contributed by atoms with Gasteiger partial charge in [0, 0.05) is 28.3 Å². The van der Waals surface area contributed by atoms with Gasteiger partial charge in [0.1, 0.15) is 0 Å². The summed E-state index contributed by atoms with van der Waals surface area (Å²) in [5.74, 6) is 0.0898. The fraction of sp³-hybridized carbons (Fsp3) is 0.263. The van der Waals surface area contributed by atoms with Crippen molar-refractivity contribution in [2.45, 2.75) is 37.8 Å². The summed E-state index contributed by atoms with van der Waals surface area (Å²) in [7, 11) is -3.62. The Balaban J connectivity index is 1.58. The lowest BCUT2D eigenvalue weighted by molar-refractivity contribution is 0.0950. The molecule has 0 spiro atoms. The number of sulfonamides is 1.